The van der Waals surface area contributed by atoms with Gasteiger partial charge in [0.2, 0.25) is 5.56 Å². The van der Waals surface area contributed by atoms with Crippen LogP contribution < -0.4 is 10.9 Å². The van der Waals surface area contributed by atoms with Gasteiger partial charge in [0.15, 0.2) is 6.29 Å². The smallest absolute Gasteiger partial charge is 0.251 e. The van der Waals surface area contributed by atoms with Crippen LogP contribution in [0.1, 0.15) is 15.9 Å². The molecule has 186 valence electrons. The van der Waals surface area contributed by atoms with Crippen molar-refractivity contribution >= 4 is 28.4 Å². The van der Waals surface area contributed by atoms with Crippen molar-refractivity contribution in [1.29, 1.82) is 0 Å². The first-order valence-electron chi connectivity index (χ1n) is 11.7. The van der Waals surface area contributed by atoms with Crippen molar-refractivity contribution in [3.05, 3.63) is 81.1 Å². The molecule has 9 heteroatoms. The van der Waals surface area contributed by atoms with E-state index >= 15 is 0 Å². The molecular weight excluding hydrogens is 470 g/mol. The van der Waals surface area contributed by atoms with Crippen LogP contribution in [0.4, 0.5) is 0 Å². The van der Waals surface area contributed by atoms with E-state index in [2.05, 4.69) is 15.2 Å². The molecule has 0 saturated carbocycles. The number of para-hydroxylation sites is 1. The number of rotatable bonds is 10. The van der Waals surface area contributed by atoms with Crippen molar-refractivity contribution < 1.29 is 19.0 Å². The molecule has 1 aromatic heterocycles. The maximum Gasteiger partial charge on any atom is 0.251 e. The molecule has 0 spiro atoms. The molecule has 2 N–H and O–H groups in total. The summed E-state index contributed by atoms with van der Waals surface area (Å²) in [5.41, 5.74) is 1.80. The zero-order valence-corrected chi connectivity index (χ0v) is 20.4. The maximum atomic E-state index is 13.1. The molecular formula is C26H30ClN3O5. The van der Waals surface area contributed by atoms with Crippen LogP contribution >= 0.6 is 11.6 Å². The number of benzene rings is 2. The van der Waals surface area contributed by atoms with E-state index in [-0.39, 0.29) is 11.5 Å². The van der Waals surface area contributed by atoms with E-state index in [1.807, 2.05) is 24.3 Å². The number of halogens is 1. The van der Waals surface area contributed by atoms with Gasteiger partial charge in [0.1, 0.15) is 0 Å². The first-order chi connectivity index (χ1) is 17.0. The minimum Gasteiger partial charge on any atom is -0.379 e. The molecule has 2 heterocycles. The predicted octanol–water partition coefficient (Wildman–Crippen LogP) is 2.84. The Balaban J connectivity index is 1.55. The molecule has 8 nitrogen and oxygen atoms in total. The molecule has 1 fully saturated rings. The number of H-pyrrole nitrogens is 1. The van der Waals surface area contributed by atoms with E-state index in [1.165, 1.54) is 0 Å². The summed E-state index contributed by atoms with van der Waals surface area (Å²) in [6.45, 7) is 4.30. The largest absolute Gasteiger partial charge is 0.379 e. The van der Waals surface area contributed by atoms with Crippen LogP contribution in [0, 0.1) is 0 Å². The van der Waals surface area contributed by atoms with E-state index in [4.69, 9.17) is 25.8 Å². The monoisotopic (exact) mass is 499 g/mol. The lowest BCUT2D eigenvalue weighted by Crippen LogP contribution is -2.48. The average Bonchev–Trinajstić information content (AvgIpc) is 2.87. The summed E-state index contributed by atoms with van der Waals surface area (Å²) in [7, 11) is 1.55. The molecule has 2 aromatic carbocycles. The first-order valence-corrected chi connectivity index (χ1v) is 12.0. The third kappa shape index (κ3) is 6.90. The number of hydrogen-bond acceptors (Lipinski definition) is 6. The summed E-state index contributed by atoms with van der Waals surface area (Å²) in [4.78, 5) is 30.5. The molecule has 4 rings (SSSR count). The number of nitrogens with one attached hydrogen (secondary N) is 2. The first kappa shape index (κ1) is 25.3. The Labute approximate surface area is 209 Å². The van der Waals surface area contributed by atoms with E-state index in [0.717, 1.165) is 36.1 Å². The van der Waals surface area contributed by atoms with Gasteiger partial charge in [-0.25, -0.2) is 0 Å². The number of fused-ring (bicyclic) bond motifs is 1. The van der Waals surface area contributed by atoms with Gasteiger partial charge in [0.05, 0.1) is 25.9 Å². The van der Waals surface area contributed by atoms with Crippen molar-refractivity contribution in [1.82, 2.24) is 15.2 Å². The number of carbonyl (C=O) groups is 1. The van der Waals surface area contributed by atoms with Crippen molar-refractivity contribution in [2.45, 2.75) is 18.8 Å². The molecule has 2 atom stereocenters. The summed E-state index contributed by atoms with van der Waals surface area (Å²) < 4.78 is 17.2. The molecule has 2 unspecified atom stereocenters. The second kappa shape index (κ2) is 12.3. The van der Waals surface area contributed by atoms with E-state index in [1.54, 1.807) is 37.4 Å². The Morgan fingerprint density at radius 3 is 2.66 bits per heavy atom. The number of pyridine rings is 1. The topological polar surface area (TPSA) is 92.9 Å². The zero-order valence-electron chi connectivity index (χ0n) is 19.7. The average molecular weight is 500 g/mol. The lowest BCUT2D eigenvalue weighted by atomic mass is 10.0. The van der Waals surface area contributed by atoms with Crippen LogP contribution in [0.25, 0.3) is 10.9 Å². The minimum absolute atomic E-state index is 0.205. The Kier molecular flexibility index (Phi) is 8.90. The van der Waals surface area contributed by atoms with E-state index < -0.39 is 12.3 Å². The van der Waals surface area contributed by atoms with Gasteiger partial charge in [-0.1, -0.05) is 29.8 Å². The van der Waals surface area contributed by atoms with Crippen LogP contribution in [0.3, 0.4) is 0 Å². The summed E-state index contributed by atoms with van der Waals surface area (Å²) in [5, 5.41) is 4.50. The molecule has 1 aliphatic heterocycles. The lowest BCUT2D eigenvalue weighted by molar-refractivity contribution is -0.144. The predicted molar refractivity (Wildman–Crippen MR) is 135 cm³/mol. The SMILES string of the molecule is COC(OCCN1CCOCC1)C(Cc1cc(=O)[nH]c2ccccc12)NC(=O)c1ccc(Cl)cc1. The van der Waals surface area contributed by atoms with Gasteiger partial charge in [-0.3, -0.25) is 14.5 Å². The third-order valence-electron chi connectivity index (χ3n) is 6.05. The molecule has 0 bridgehead atoms. The number of morpholine rings is 1. The van der Waals surface area contributed by atoms with Gasteiger partial charge in [0.25, 0.3) is 5.91 Å². The summed E-state index contributed by atoms with van der Waals surface area (Å²) in [6, 6.07) is 15.3. The summed E-state index contributed by atoms with van der Waals surface area (Å²) in [6.07, 6.45) is -0.370. The van der Waals surface area contributed by atoms with E-state index in [9.17, 15) is 9.59 Å². The zero-order chi connectivity index (χ0) is 24.6. The number of aromatic nitrogens is 1. The van der Waals surface area contributed by atoms with Crippen LogP contribution in [0.2, 0.25) is 5.02 Å². The van der Waals surface area contributed by atoms with E-state index in [0.29, 0.717) is 36.8 Å². The fraction of sp³-hybridized carbons (Fsp3) is 0.385. The van der Waals surface area contributed by atoms with Crippen molar-refractivity contribution in [3.8, 4) is 0 Å². The second-order valence-electron chi connectivity index (χ2n) is 8.42. The summed E-state index contributed by atoms with van der Waals surface area (Å²) in [5.74, 6) is -0.278. The Morgan fingerprint density at radius 1 is 1.17 bits per heavy atom. The van der Waals surface area contributed by atoms with Gasteiger partial charge in [-0.15, -0.1) is 0 Å². The molecule has 1 saturated heterocycles. The molecule has 1 aliphatic rings. The van der Waals surface area contributed by atoms with Crippen LogP contribution in [0.15, 0.2) is 59.4 Å². The standard InChI is InChI=1S/C26H30ClN3O5/c1-33-26(35-15-12-30-10-13-34-14-11-30)23(29-25(32)18-6-8-20(27)9-7-18)16-19-17-24(31)28-22-5-3-2-4-21(19)22/h2-9,17,23,26H,10-16H2,1H3,(H,28,31)(H,29,32). The molecule has 3 aromatic rings. The van der Waals surface area contributed by atoms with Crippen molar-refractivity contribution in [2.24, 2.45) is 0 Å². The van der Waals surface area contributed by atoms with Gasteiger partial charge >= 0.3 is 0 Å². The third-order valence-corrected chi connectivity index (χ3v) is 6.31. The quantitative estimate of drug-likeness (QED) is 0.417. The van der Waals surface area contributed by atoms with Gasteiger partial charge in [-0.2, -0.15) is 0 Å². The molecule has 0 aliphatic carbocycles. The second-order valence-corrected chi connectivity index (χ2v) is 8.86. The maximum absolute atomic E-state index is 13.1. The Bertz CT molecular complexity index is 1180. The van der Waals surface area contributed by atoms with Gasteiger partial charge in [-0.05, 0) is 42.3 Å². The minimum atomic E-state index is -0.717. The highest BCUT2D eigenvalue weighted by atomic mass is 35.5. The highest BCUT2D eigenvalue weighted by Gasteiger charge is 2.26. The number of methoxy groups -OCH3 is 1. The van der Waals surface area contributed by atoms with Crippen LogP contribution in [-0.2, 0) is 20.6 Å². The number of hydrogen-bond donors (Lipinski definition) is 2. The van der Waals surface area contributed by atoms with Crippen molar-refractivity contribution in [3.63, 3.8) is 0 Å². The highest BCUT2D eigenvalue weighted by Crippen LogP contribution is 2.19. The number of aromatic amines is 1. The fourth-order valence-electron chi connectivity index (χ4n) is 4.22. The number of nitrogens with zero attached hydrogens (tertiary/aromatic N) is 1. The fourth-order valence-corrected chi connectivity index (χ4v) is 4.35. The number of carbonyl (C=O) groups excluding carboxylic acids is 1. The van der Waals surface area contributed by atoms with Crippen LogP contribution in [0.5, 0.6) is 0 Å². The molecule has 1 amide bonds. The van der Waals surface area contributed by atoms with Crippen molar-refractivity contribution in [2.75, 3.05) is 46.6 Å². The molecule has 35 heavy (non-hydrogen) atoms. The van der Waals surface area contributed by atoms with Gasteiger partial charge < -0.3 is 24.5 Å². The summed E-state index contributed by atoms with van der Waals surface area (Å²) >= 11 is 5.98. The molecule has 0 radical (unpaired) electrons. The Hall–Kier alpha value is -2.75. The normalized spacial score (nSPS) is 16.2. The lowest BCUT2D eigenvalue weighted by Gasteiger charge is -2.30. The Morgan fingerprint density at radius 2 is 1.91 bits per heavy atom. The number of ether oxygens (including phenoxy) is 3. The van der Waals surface area contributed by atoms with Crippen LogP contribution in [-0.4, -0.2) is 74.7 Å². The van der Waals surface area contributed by atoms with Gasteiger partial charge in [0, 0.05) is 54.3 Å². The number of amides is 1. The highest BCUT2D eigenvalue weighted by molar-refractivity contribution is 6.30.